The Morgan fingerprint density at radius 1 is 1.10 bits per heavy atom. The van der Waals surface area contributed by atoms with E-state index in [0.29, 0.717) is 0 Å². The van der Waals surface area contributed by atoms with Crippen molar-refractivity contribution in [3.63, 3.8) is 0 Å². The number of rotatable bonds is 7. The summed E-state index contributed by atoms with van der Waals surface area (Å²) in [6.07, 6.45) is 3.41. The van der Waals surface area contributed by atoms with Gasteiger partial charge in [0.15, 0.2) is 12.4 Å². The number of hydrogen-bond donors (Lipinski definition) is 0. The third-order valence-corrected chi connectivity index (χ3v) is 2.97. The molecule has 0 aromatic carbocycles. The van der Waals surface area contributed by atoms with Gasteiger partial charge in [0.05, 0.1) is 6.61 Å². The van der Waals surface area contributed by atoms with Crippen molar-refractivity contribution in [2.24, 2.45) is 0 Å². The summed E-state index contributed by atoms with van der Waals surface area (Å²) in [6.45, 7) is 4.41. The lowest BCUT2D eigenvalue weighted by Gasteiger charge is -2.26. The van der Waals surface area contributed by atoms with Crippen LogP contribution in [0.2, 0.25) is 0 Å². The van der Waals surface area contributed by atoms with Gasteiger partial charge in [-0.25, -0.2) is 4.79 Å². The number of nitrogens with zero attached hydrogens (tertiary/aromatic N) is 1. The van der Waals surface area contributed by atoms with E-state index in [1.54, 1.807) is 42.9 Å². The predicted molar refractivity (Wildman–Crippen MR) is 73.1 cm³/mol. The summed E-state index contributed by atoms with van der Waals surface area (Å²) in [7, 11) is 0. The van der Waals surface area contributed by atoms with E-state index >= 15 is 0 Å². The van der Waals surface area contributed by atoms with Crippen LogP contribution in [-0.4, -0.2) is 29.9 Å². The van der Waals surface area contributed by atoms with Gasteiger partial charge in [-0.2, -0.15) is 4.57 Å². The van der Waals surface area contributed by atoms with Gasteiger partial charge in [-0.15, -0.1) is 0 Å². The van der Waals surface area contributed by atoms with Crippen LogP contribution >= 0.6 is 0 Å². The summed E-state index contributed by atoms with van der Waals surface area (Å²) in [5.41, 5.74) is -1.88. The standard InChI is InChI=1S/C15H20NO5/c1-4-15(21-12(3)17,14(19)20-5-2)13(18)11-16-9-7-6-8-10-16/h6-10H,4-5,11H2,1-3H3/q+1. The maximum Gasteiger partial charge on any atom is 0.358 e. The largest absolute Gasteiger partial charge is 0.463 e. The number of hydrogen-bond acceptors (Lipinski definition) is 5. The fraction of sp³-hybridized carbons (Fsp3) is 0.467. The fourth-order valence-electron chi connectivity index (χ4n) is 1.95. The number of ketones is 1. The van der Waals surface area contributed by atoms with Crippen molar-refractivity contribution in [1.82, 2.24) is 0 Å². The Kier molecular flexibility index (Phi) is 6.02. The van der Waals surface area contributed by atoms with Gasteiger partial charge in [-0.3, -0.25) is 9.59 Å². The van der Waals surface area contributed by atoms with Crippen molar-refractivity contribution in [3.05, 3.63) is 30.6 Å². The summed E-state index contributed by atoms with van der Waals surface area (Å²) in [4.78, 5) is 35.9. The second-order valence-corrected chi connectivity index (χ2v) is 4.47. The first-order chi connectivity index (χ1) is 9.96. The van der Waals surface area contributed by atoms with Gasteiger partial charge in [0.1, 0.15) is 0 Å². The smallest absolute Gasteiger partial charge is 0.358 e. The van der Waals surface area contributed by atoms with Crippen LogP contribution in [0.25, 0.3) is 0 Å². The highest BCUT2D eigenvalue weighted by Gasteiger charge is 2.50. The maximum atomic E-state index is 12.5. The molecule has 6 nitrogen and oxygen atoms in total. The van der Waals surface area contributed by atoms with Crippen LogP contribution in [0.5, 0.6) is 0 Å². The summed E-state index contributed by atoms with van der Waals surface area (Å²) in [5, 5.41) is 0. The summed E-state index contributed by atoms with van der Waals surface area (Å²) in [5.74, 6) is -2.05. The third kappa shape index (κ3) is 4.11. The van der Waals surface area contributed by atoms with Crippen molar-refractivity contribution < 1.29 is 28.4 Å². The van der Waals surface area contributed by atoms with Crippen molar-refractivity contribution in [1.29, 1.82) is 0 Å². The normalized spacial score (nSPS) is 13.1. The van der Waals surface area contributed by atoms with E-state index in [1.807, 2.05) is 6.07 Å². The molecule has 1 unspecified atom stereocenters. The lowest BCUT2D eigenvalue weighted by molar-refractivity contribution is -0.684. The highest BCUT2D eigenvalue weighted by Crippen LogP contribution is 2.20. The monoisotopic (exact) mass is 294 g/mol. The fourth-order valence-corrected chi connectivity index (χ4v) is 1.95. The van der Waals surface area contributed by atoms with Crippen LogP contribution in [0.15, 0.2) is 30.6 Å². The van der Waals surface area contributed by atoms with Gasteiger partial charge >= 0.3 is 11.9 Å². The van der Waals surface area contributed by atoms with Gasteiger partial charge in [0, 0.05) is 25.5 Å². The van der Waals surface area contributed by atoms with Crippen LogP contribution < -0.4 is 4.57 Å². The van der Waals surface area contributed by atoms with Crippen molar-refractivity contribution >= 4 is 17.7 Å². The highest BCUT2D eigenvalue weighted by atomic mass is 16.6. The molecule has 0 saturated carbocycles. The average molecular weight is 294 g/mol. The van der Waals surface area contributed by atoms with E-state index in [9.17, 15) is 14.4 Å². The zero-order chi connectivity index (χ0) is 15.9. The van der Waals surface area contributed by atoms with Crippen LogP contribution in [0.3, 0.4) is 0 Å². The molecule has 0 aliphatic heterocycles. The minimum Gasteiger partial charge on any atom is -0.463 e. The Balaban J connectivity index is 3.06. The molecule has 0 amide bonds. The predicted octanol–water partition coefficient (Wildman–Crippen LogP) is 0.818. The van der Waals surface area contributed by atoms with E-state index in [4.69, 9.17) is 9.47 Å². The summed E-state index contributed by atoms with van der Waals surface area (Å²) >= 11 is 0. The van der Waals surface area contributed by atoms with Crippen LogP contribution in [0.1, 0.15) is 27.2 Å². The van der Waals surface area contributed by atoms with Gasteiger partial charge in [0.2, 0.25) is 6.54 Å². The third-order valence-electron chi connectivity index (χ3n) is 2.97. The number of esters is 2. The zero-order valence-electron chi connectivity index (χ0n) is 12.5. The first-order valence-electron chi connectivity index (χ1n) is 6.80. The van der Waals surface area contributed by atoms with E-state index in [1.165, 1.54) is 0 Å². The van der Waals surface area contributed by atoms with Crippen molar-refractivity contribution in [3.8, 4) is 0 Å². The summed E-state index contributed by atoms with van der Waals surface area (Å²) in [6, 6.07) is 5.33. The molecule has 6 heteroatoms. The Morgan fingerprint density at radius 3 is 2.19 bits per heavy atom. The second kappa shape index (κ2) is 7.52. The lowest BCUT2D eigenvalue weighted by Crippen LogP contribution is -2.55. The Hall–Kier alpha value is -2.24. The van der Waals surface area contributed by atoms with Gasteiger partial charge in [-0.05, 0) is 6.92 Å². The zero-order valence-corrected chi connectivity index (χ0v) is 12.5. The number of pyridine rings is 1. The topological polar surface area (TPSA) is 73.5 Å². The van der Waals surface area contributed by atoms with Crippen LogP contribution in [0, 0.1) is 0 Å². The van der Waals surface area contributed by atoms with Gasteiger partial charge in [0.25, 0.3) is 11.4 Å². The molecular weight excluding hydrogens is 274 g/mol. The highest BCUT2D eigenvalue weighted by molar-refractivity contribution is 6.08. The molecule has 1 rings (SSSR count). The molecule has 1 atom stereocenters. The molecular formula is C15H20NO5+. The molecule has 114 valence electrons. The van der Waals surface area contributed by atoms with Crippen molar-refractivity contribution in [2.45, 2.75) is 39.3 Å². The molecule has 1 heterocycles. The van der Waals surface area contributed by atoms with Gasteiger partial charge < -0.3 is 9.47 Å². The van der Waals surface area contributed by atoms with E-state index in [2.05, 4.69) is 0 Å². The molecule has 0 saturated heterocycles. The van der Waals surface area contributed by atoms with Crippen LogP contribution in [0.4, 0.5) is 0 Å². The van der Waals surface area contributed by atoms with Crippen molar-refractivity contribution in [2.75, 3.05) is 6.61 Å². The molecule has 0 bridgehead atoms. The minimum absolute atomic E-state index is 0.0254. The van der Waals surface area contributed by atoms with Crippen LogP contribution in [-0.2, 0) is 30.4 Å². The summed E-state index contributed by atoms with van der Waals surface area (Å²) < 4.78 is 11.6. The average Bonchev–Trinajstić information content (AvgIpc) is 2.45. The Morgan fingerprint density at radius 2 is 1.71 bits per heavy atom. The molecule has 0 radical (unpaired) electrons. The first-order valence-corrected chi connectivity index (χ1v) is 6.80. The number of ether oxygens (including phenoxy) is 2. The first kappa shape index (κ1) is 16.8. The molecule has 21 heavy (non-hydrogen) atoms. The Labute approximate surface area is 123 Å². The second-order valence-electron chi connectivity index (χ2n) is 4.47. The molecule has 0 aliphatic carbocycles. The SMILES string of the molecule is CCOC(=O)C(CC)(OC(C)=O)C(=O)C[n+]1ccccc1. The quantitative estimate of drug-likeness (QED) is 0.423. The molecule has 1 aromatic rings. The van der Waals surface area contributed by atoms with Gasteiger partial charge in [-0.1, -0.05) is 13.0 Å². The van der Waals surface area contributed by atoms with E-state index in [0.717, 1.165) is 6.92 Å². The minimum atomic E-state index is -1.88. The number of carbonyl (C=O) groups is 3. The lowest BCUT2D eigenvalue weighted by atomic mass is 9.94. The molecule has 0 N–H and O–H groups in total. The number of aromatic nitrogens is 1. The molecule has 0 spiro atoms. The van der Waals surface area contributed by atoms with E-state index in [-0.39, 0.29) is 19.6 Å². The number of carbonyl (C=O) groups excluding carboxylic acids is 3. The molecule has 0 aliphatic rings. The maximum absolute atomic E-state index is 12.5. The Bertz CT molecular complexity index is 514. The van der Waals surface area contributed by atoms with E-state index < -0.39 is 23.3 Å². The molecule has 1 aromatic heterocycles. The molecule has 0 fully saturated rings. The number of Topliss-reactive ketones (excluding diaryl/α,β-unsaturated/α-hetero) is 1.